The van der Waals surface area contributed by atoms with E-state index in [4.69, 9.17) is 4.74 Å². The number of benzene rings is 1. The van der Waals surface area contributed by atoms with Crippen LogP contribution in [0.1, 0.15) is 30.9 Å². The summed E-state index contributed by atoms with van der Waals surface area (Å²) in [5.41, 5.74) is 3.03. The fraction of sp³-hybridized carbons (Fsp3) is 0.600. The van der Waals surface area contributed by atoms with Crippen LogP contribution in [0.3, 0.4) is 0 Å². The number of hydrogen-bond donors (Lipinski definition) is 1. The van der Waals surface area contributed by atoms with Crippen LogP contribution in [0.15, 0.2) is 29.3 Å². The van der Waals surface area contributed by atoms with Gasteiger partial charge in [-0.15, -0.1) is 0 Å². The number of likely N-dealkylation sites (tertiary alicyclic amines) is 1. The zero-order chi connectivity index (χ0) is 18.0. The molecule has 1 saturated carbocycles. The van der Waals surface area contributed by atoms with Gasteiger partial charge in [0.1, 0.15) is 0 Å². The van der Waals surface area contributed by atoms with Gasteiger partial charge in [0, 0.05) is 32.1 Å². The van der Waals surface area contributed by atoms with Crippen molar-refractivity contribution in [3.63, 3.8) is 0 Å². The molecule has 1 aliphatic carbocycles. The number of nitrogens with one attached hydrogen (secondary N) is 1. The molecule has 1 aliphatic heterocycles. The summed E-state index contributed by atoms with van der Waals surface area (Å²) < 4.78 is 4.94. The van der Waals surface area contributed by atoms with Crippen LogP contribution in [-0.4, -0.2) is 50.6 Å². The predicted octanol–water partition coefficient (Wildman–Crippen LogP) is 2.34. The molecule has 0 amide bonds. The summed E-state index contributed by atoms with van der Waals surface area (Å²) >= 11 is 0. The summed E-state index contributed by atoms with van der Waals surface area (Å²) in [5, 5.41) is 3.56. The highest BCUT2D eigenvalue weighted by molar-refractivity contribution is 5.82. The largest absolute Gasteiger partial charge is 0.469 e. The molecule has 1 saturated heterocycles. The van der Waals surface area contributed by atoms with Crippen molar-refractivity contribution in [3.05, 3.63) is 35.4 Å². The summed E-state index contributed by atoms with van der Waals surface area (Å²) in [7, 11) is 3.27. The average Bonchev–Trinajstić information content (AvgIpc) is 3.30. The molecule has 25 heavy (non-hydrogen) atoms. The van der Waals surface area contributed by atoms with Crippen LogP contribution in [-0.2, 0) is 14.9 Å². The first-order valence-corrected chi connectivity index (χ1v) is 9.10. The number of nitrogens with zero attached hydrogens (tertiary/aromatic N) is 2. The van der Waals surface area contributed by atoms with E-state index in [9.17, 15) is 4.79 Å². The van der Waals surface area contributed by atoms with Gasteiger partial charge in [0.25, 0.3) is 0 Å². The Balaban J connectivity index is 1.65. The van der Waals surface area contributed by atoms with Crippen LogP contribution in [0, 0.1) is 18.8 Å². The van der Waals surface area contributed by atoms with Gasteiger partial charge in [0.2, 0.25) is 0 Å². The van der Waals surface area contributed by atoms with Crippen molar-refractivity contribution in [2.24, 2.45) is 16.8 Å². The highest BCUT2D eigenvalue weighted by Crippen LogP contribution is 2.48. The van der Waals surface area contributed by atoms with E-state index in [0.717, 1.165) is 19.0 Å². The van der Waals surface area contributed by atoms with Crippen molar-refractivity contribution in [2.75, 3.05) is 33.8 Å². The lowest BCUT2D eigenvalue weighted by Gasteiger charge is -2.25. The minimum atomic E-state index is -0.121. The number of carbonyl (C=O) groups is 1. The Labute approximate surface area is 150 Å². The quantitative estimate of drug-likeness (QED) is 0.518. The van der Waals surface area contributed by atoms with Gasteiger partial charge in [0.15, 0.2) is 5.96 Å². The molecule has 2 unspecified atom stereocenters. The van der Waals surface area contributed by atoms with Crippen LogP contribution >= 0.6 is 0 Å². The van der Waals surface area contributed by atoms with Crippen molar-refractivity contribution in [2.45, 2.75) is 32.1 Å². The van der Waals surface area contributed by atoms with Gasteiger partial charge in [-0.1, -0.05) is 31.2 Å². The molecule has 0 bridgehead atoms. The van der Waals surface area contributed by atoms with Crippen LogP contribution < -0.4 is 5.32 Å². The summed E-state index contributed by atoms with van der Waals surface area (Å²) in [4.78, 5) is 18.6. The van der Waals surface area contributed by atoms with Gasteiger partial charge in [-0.25, -0.2) is 0 Å². The first-order valence-electron chi connectivity index (χ1n) is 9.10. The number of carbonyl (C=O) groups excluding carboxylic acids is 1. The van der Waals surface area contributed by atoms with Crippen LogP contribution in [0.25, 0.3) is 0 Å². The highest BCUT2D eigenvalue weighted by atomic mass is 16.5. The summed E-state index contributed by atoms with van der Waals surface area (Å²) in [6, 6.07) is 8.66. The molecule has 0 spiro atoms. The third-order valence-corrected chi connectivity index (χ3v) is 5.78. The Morgan fingerprint density at radius 2 is 2.08 bits per heavy atom. The number of guanidine groups is 1. The Bertz CT molecular complexity index is 667. The average molecular weight is 343 g/mol. The minimum Gasteiger partial charge on any atom is -0.469 e. The number of methoxy groups -OCH3 is 1. The number of hydrogen-bond acceptors (Lipinski definition) is 3. The van der Waals surface area contributed by atoms with E-state index < -0.39 is 0 Å². The number of esters is 1. The van der Waals surface area contributed by atoms with Gasteiger partial charge in [-0.05, 0) is 36.8 Å². The standard InChI is InChI=1S/C20H29N3O2/c1-14-7-5-6-8-17(14)20(9-10-20)13-22-19(21-3)23-11-15(2)16(12-23)18(24)25-4/h5-8,15-16H,9-13H2,1-4H3,(H,21,22). The topological polar surface area (TPSA) is 53.9 Å². The van der Waals surface area contributed by atoms with Gasteiger partial charge in [-0.2, -0.15) is 0 Å². The maximum Gasteiger partial charge on any atom is 0.310 e. The molecular formula is C20H29N3O2. The zero-order valence-corrected chi connectivity index (χ0v) is 15.7. The zero-order valence-electron chi connectivity index (χ0n) is 15.7. The third-order valence-electron chi connectivity index (χ3n) is 5.78. The van der Waals surface area contributed by atoms with Crippen molar-refractivity contribution in [3.8, 4) is 0 Å². The van der Waals surface area contributed by atoms with E-state index in [2.05, 4.69) is 53.3 Å². The van der Waals surface area contributed by atoms with Crippen molar-refractivity contribution < 1.29 is 9.53 Å². The molecule has 1 heterocycles. The maximum atomic E-state index is 11.9. The fourth-order valence-corrected chi connectivity index (χ4v) is 4.04. The molecular weight excluding hydrogens is 314 g/mol. The molecule has 2 atom stereocenters. The van der Waals surface area contributed by atoms with Crippen LogP contribution in [0.4, 0.5) is 0 Å². The number of rotatable bonds is 4. The molecule has 5 heteroatoms. The normalized spacial score (nSPS) is 25.0. The van der Waals surface area contributed by atoms with E-state index in [-0.39, 0.29) is 23.2 Å². The van der Waals surface area contributed by atoms with Crippen molar-refractivity contribution >= 4 is 11.9 Å². The first kappa shape index (κ1) is 17.8. The van der Waals surface area contributed by atoms with E-state index >= 15 is 0 Å². The van der Waals surface area contributed by atoms with Gasteiger partial charge in [-0.3, -0.25) is 9.79 Å². The molecule has 2 fully saturated rings. The van der Waals surface area contributed by atoms with E-state index in [1.54, 1.807) is 0 Å². The molecule has 136 valence electrons. The lowest BCUT2D eigenvalue weighted by atomic mass is 9.92. The summed E-state index contributed by atoms with van der Waals surface area (Å²) in [5.74, 6) is 0.967. The Hall–Kier alpha value is -2.04. The first-order chi connectivity index (χ1) is 12.0. The Morgan fingerprint density at radius 1 is 1.36 bits per heavy atom. The monoisotopic (exact) mass is 343 g/mol. The summed E-state index contributed by atoms with van der Waals surface area (Å²) in [6.45, 7) is 6.68. The molecule has 3 rings (SSSR count). The van der Waals surface area contributed by atoms with Gasteiger partial charge >= 0.3 is 5.97 Å². The number of aliphatic imine (C=N–C) groups is 1. The molecule has 0 radical (unpaired) electrons. The molecule has 5 nitrogen and oxygen atoms in total. The van der Waals surface area contributed by atoms with Crippen LogP contribution in [0.2, 0.25) is 0 Å². The second-order valence-electron chi connectivity index (χ2n) is 7.51. The second-order valence-corrected chi connectivity index (χ2v) is 7.51. The smallest absolute Gasteiger partial charge is 0.310 e. The minimum absolute atomic E-state index is 0.0743. The fourth-order valence-electron chi connectivity index (χ4n) is 4.04. The lowest BCUT2D eigenvalue weighted by Crippen LogP contribution is -2.43. The summed E-state index contributed by atoms with van der Waals surface area (Å²) in [6.07, 6.45) is 2.42. The van der Waals surface area contributed by atoms with Gasteiger partial charge < -0.3 is 15.0 Å². The third kappa shape index (κ3) is 3.51. The van der Waals surface area contributed by atoms with Crippen molar-refractivity contribution in [1.29, 1.82) is 0 Å². The highest BCUT2D eigenvalue weighted by Gasteiger charge is 2.45. The lowest BCUT2D eigenvalue weighted by molar-refractivity contribution is -0.145. The number of ether oxygens (including phenoxy) is 1. The SMILES string of the molecule is CN=C(NCC1(c2ccccc2C)CC1)N1CC(C)C(C(=O)OC)C1. The van der Waals surface area contributed by atoms with Gasteiger partial charge in [0.05, 0.1) is 13.0 Å². The molecule has 0 aromatic heterocycles. The molecule has 2 aliphatic rings. The maximum absolute atomic E-state index is 11.9. The Kier molecular flexibility index (Phi) is 5.02. The molecule has 1 aromatic carbocycles. The second kappa shape index (κ2) is 7.06. The van der Waals surface area contributed by atoms with E-state index in [0.29, 0.717) is 6.54 Å². The predicted molar refractivity (Wildman–Crippen MR) is 99.7 cm³/mol. The van der Waals surface area contributed by atoms with Crippen LogP contribution in [0.5, 0.6) is 0 Å². The van der Waals surface area contributed by atoms with E-state index in [1.807, 2.05) is 7.05 Å². The molecule has 1 N–H and O–H groups in total. The number of aryl methyl sites for hydroxylation is 1. The van der Waals surface area contributed by atoms with Crippen molar-refractivity contribution in [1.82, 2.24) is 10.2 Å². The Morgan fingerprint density at radius 3 is 2.68 bits per heavy atom. The molecule has 1 aromatic rings. The van der Waals surface area contributed by atoms with E-state index in [1.165, 1.54) is 31.1 Å².